The third kappa shape index (κ3) is 2.95. The van der Waals surface area contributed by atoms with Crippen LogP contribution in [0.15, 0.2) is 40.3 Å². The van der Waals surface area contributed by atoms with Crippen molar-refractivity contribution < 1.29 is 9.94 Å². The Labute approximate surface area is 133 Å². The Hall–Kier alpha value is -2.67. The number of nitrogens with zero attached hydrogens (tertiary/aromatic N) is 4. The summed E-state index contributed by atoms with van der Waals surface area (Å²) in [5, 5.41) is 16.5. The lowest BCUT2D eigenvalue weighted by atomic mass is 10.1. The van der Waals surface area contributed by atoms with E-state index in [1.54, 1.807) is 7.05 Å². The molecule has 2 heterocycles. The number of hydrogen-bond donors (Lipinski definition) is 1. The van der Waals surface area contributed by atoms with E-state index < -0.39 is 0 Å². The van der Waals surface area contributed by atoms with E-state index in [2.05, 4.69) is 15.2 Å². The zero-order valence-corrected chi connectivity index (χ0v) is 12.8. The summed E-state index contributed by atoms with van der Waals surface area (Å²) in [5.41, 5.74) is 2.29. The molecule has 7 heteroatoms. The molecule has 1 aromatic carbocycles. The van der Waals surface area contributed by atoms with Crippen LogP contribution in [0.5, 0.6) is 0 Å². The molecule has 0 amide bonds. The highest BCUT2D eigenvalue weighted by Gasteiger charge is 2.23. The number of oxime groups is 1. The molecule has 0 saturated carbocycles. The minimum atomic E-state index is -0.302. The second kappa shape index (κ2) is 6.62. The lowest BCUT2D eigenvalue weighted by Crippen LogP contribution is -2.39. The summed E-state index contributed by atoms with van der Waals surface area (Å²) in [6.45, 7) is 2.47. The van der Waals surface area contributed by atoms with Crippen LogP contribution in [0, 0.1) is 0 Å². The van der Waals surface area contributed by atoms with Crippen molar-refractivity contribution in [3.8, 4) is 11.3 Å². The van der Waals surface area contributed by atoms with E-state index in [0.29, 0.717) is 43.2 Å². The van der Waals surface area contributed by atoms with Gasteiger partial charge in [-0.1, -0.05) is 35.5 Å². The SMILES string of the molecule is Cn1nc(-c2ccccc2)c(N2CCOCC2)c(/C=N/O)c1=O. The van der Waals surface area contributed by atoms with E-state index in [1.165, 1.54) is 10.9 Å². The van der Waals surface area contributed by atoms with Gasteiger partial charge >= 0.3 is 0 Å². The first-order valence-electron chi connectivity index (χ1n) is 7.39. The van der Waals surface area contributed by atoms with E-state index in [4.69, 9.17) is 9.94 Å². The van der Waals surface area contributed by atoms with Crippen LogP contribution in [0.4, 0.5) is 5.69 Å². The smallest absolute Gasteiger partial charge is 0.277 e. The maximum absolute atomic E-state index is 12.4. The predicted molar refractivity (Wildman–Crippen MR) is 87.3 cm³/mol. The Bertz CT molecular complexity index is 765. The molecule has 0 spiro atoms. The molecule has 1 saturated heterocycles. The van der Waals surface area contributed by atoms with Crippen molar-refractivity contribution in [1.29, 1.82) is 0 Å². The van der Waals surface area contributed by atoms with Gasteiger partial charge in [-0.2, -0.15) is 5.10 Å². The quantitative estimate of drug-likeness (QED) is 0.521. The number of aromatic nitrogens is 2. The number of morpholine rings is 1. The molecule has 0 bridgehead atoms. The van der Waals surface area contributed by atoms with Gasteiger partial charge in [0.1, 0.15) is 5.69 Å². The molecule has 23 heavy (non-hydrogen) atoms. The fraction of sp³-hybridized carbons (Fsp3) is 0.312. The minimum Gasteiger partial charge on any atom is -0.411 e. The van der Waals surface area contributed by atoms with Crippen molar-refractivity contribution in [2.75, 3.05) is 31.2 Å². The van der Waals surface area contributed by atoms with E-state index in [9.17, 15) is 4.79 Å². The molecule has 1 N–H and O–H groups in total. The number of aryl methyl sites for hydroxylation is 1. The number of anilines is 1. The standard InChI is InChI=1S/C16H18N4O3/c1-19-16(21)13(11-17-22)15(20-7-9-23-10-8-20)14(18-19)12-5-3-2-4-6-12/h2-6,11,22H,7-10H2,1H3/b17-11+. The Morgan fingerprint density at radius 3 is 2.61 bits per heavy atom. The molecular weight excluding hydrogens is 296 g/mol. The van der Waals surface area contributed by atoms with Gasteiger partial charge in [-0.05, 0) is 0 Å². The lowest BCUT2D eigenvalue weighted by Gasteiger charge is -2.31. The van der Waals surface area contributed by atoms with Gasteiger partial charge in [-0.3, -0.25) is 4.79 Å². The van der Waals surface area contributed by atoms with Crippen molar-refractivity contribution in [3.05, 3.63) is 46.2 Å². The van der Waals surface area contributed by atoms with Crippen LogP contribution < -0.4 is 10.5 Å². The molecule has 3 rings (SSSR count). The highest BCUT2D eigenvalue weighted by molar-refractivity contribution is 5.93. The normalized spacial score (nSPS) is 15.3. The van der Waals surface area contributed by atoms with Crippen molar-refractivity contribution in [2.24, 2.45) is 12.2 Å². The van der Waals surface area contributed by atoms with Gasteiger partial charge in [0, 0.05) is 25.7 Å². The van der Waals surface area contributed by atoms with E-state index in [1.807, 2.05) is 30.3 Å². The van der Waals surface area contributed by atoms with Gasteiger partial charge in [0.05, 0.1) is 30.7 Å². The van der Waals surface area contributed by atoms with Crippen molar-refractivity contribution in [2.45, 2.75) is 0 Å². The molecule has 1 aliphatic heterocycles. The summed E-state index contributed by atoms with van der Waals surface area (Å²) in [4.78, 5) is 14.5. The molecule has 0 atom stereocenters. The molecule has 120 valence electrons. The molecule has 1 aliphatic rings. The van der Waals surface area contributed by atoms with E-state index >= 15 is 0 Å². The maximum atomic E-state index is 12.4. The Balaban J connectivity index is 2.27. The van der Waals surface area contributed by atoms with E-state index in [0.717, 1.165) is 5.56 Å². The summed E-state index contributed by atoms with van der Waals surface area (Å²) in [7, 11) is 1.59. The molecule has 1 fully saturated rings. The Morgan fingerprint density at radius 1 is 1.26 bits per heavy atom. The summed E-state index contributed by atoms with van der Waals surface area (Å²) in [6, 6.07) is 9.65. The predicted octanol–water partition coefficient (Wildman–Crippen LogP) is 1.09. The number of rotatable bonds is 3. The fourth-order valence-corrected chi connectivity index (χ4v) is 2.72. The first kappa shape index (κ1) is 15.2. The topological polar surface area (TPSA) is 80.0 Å². The number of benzene rings is 1. The van der Waals surface area contributed by atoms with Gasteiger partial charge < -0.3 is 14.8 Å². The number of hydrogen-bond acceptors (Lipinski definition) is 6. The molecular formula is C16H18N4O3. The highest BCUT2D eigenvalue weighted by atomic mass is 16.5. The third-order valence-corrected chi connectivity index (χ3v) is 3.82. The number of ether oxygens (including phenoxy) is 1. The average molecular weight is 314 g/mol. The van der Waals surface area contributed by atoms with Crippen LogP contribution in [0.1, 0.15) is 5.56 Å². The van der Waals surface area contributed by atoms with Crippen molar-refractivity contribution in [1.82, 2.24) is 9.78 Å². The van der Waals surface area contributed by atoms with Crippen LogP contribution in [0.2, 0.25) is 0 Å². The van der Waals surface area contributed by atoms with Gasteiger partial charge in [0.15, 0.2) is 0 Å². The lowest BCUT2D eigenvalue weighted by molar-refractivity contribution is 0.122. The molecule has 0 aliphatic carbocycles. The van der Waals surface area contributed by atoms with Gasteiger partial charge in [-0.15, -0.1) is 0 Å². The summed E-state index contributed by atoms with van der Waals surface area (Å²) < 4.78 is 6.66. The van der Waals surface area contributed by atoms with Crippen LogP contribution in [0.3, 0.4) is 0 Å². The zero-order valence-electron chi connectivity index (χ0n) is 12.8. The summed E-state index contributed by atoms with van der Waals surface area (Å²) in [5.74, 6) is 0. The van der Waals surface area contributed by atoms with Gasteiger partial charge in [-0.25, -0.2) is 4.68 Å². The Kier molecular flexibility index (Phi) is 4.38. The molecule has 1 aromatic heterocycles. The van der Waals surface area contributed by atoms with Crippen molar-refractivity contribution >= 4 is 11.9 Å². The zero-order chi connectivity index (χ0) is 16.2. The first-order valence-corrected chi connectivity index (χ1v) is 7.39. The molecule has 0 radical (unpaired) electrons. The maximum Gasteiger partial charge on any atom is 0.277 e. The third-order valence-electron chi connectivity index (χ3n) is 3.82. The van der Waals surface area contributed by atoms with Gasteiger partial charge in [0.25, 0.3) is 5.56 Å². The molecule has 2 aromatic rings. The van der Waals surface area contributed by atoms with Crippen molar-refractivity contribution in [3.63, 3.8) is 0 Å². The monoisotopic (exact) mass is 314 g/mol. The molecule has 0 unspecified atom stereocenters. The minimum absolute atomic E-state index is 0.302. The Morgan fingerprint density at radius 2 is 1.96 bits per heavy atom. The molecule has 7 nitrogen and oxygen atoms in total. The summed E-state index contributed by atoms with van der Waals surface area (Å²) in [6.07, 6.45) is 1.18. The summed E-state index contributed by atoms with van der Waals surface area (Å²) >= 11 is 0. The second-order valence-corrected chi connectivity index (χ2v) is 5.25. The van der Waals surface area contributed by atoms with E-state index in [-0.39, 0.29) is 5.56 Å². The fourth-order valence-electron chi connectivity index (χ4n) is 2.72. The van der Waals surface area contributed by atoms with Crippen LogP contribution in [0.25, 0.3) is 11.3 Å². The van der Waals surface area contributed by atoms with Crippen LogP contribution in [-0.4, -0.2) is 47.5 Å². The first-order chi connectivity index (χ1) is 11.2. The average Bonchev–Trinajstić information content (AvgIpc) is 2.60. The van der Waals surface area contributed by atoms with Gasteiger partial charge in [0.2, 0.25) is 0 Å². The van der Waals surface area contributed by atoms with Crippen LogP contribution in [-0.2, 0) is 11.8 Å². The second-order valence-electron chi connectivity index (χ2n) is 5.25. The highest BCUT2D eigenvalue weighted by Crippen LogP contribution is 2.30. The van der Waals surface area contributed by atoms with Crippen LogP contribution >= 0.6 is 0 Å². The largest absolute Gasteiger partial charge is 0.411 e.